The highest BCUT2D eigenvalue weighted by atomic mass is 19.4. The molecule has 1 aromatic rings. The van der Waals surface area contributed by atoms with Crippen molar-refractivity contribution in [3.05, 3.63) is 29.8 Å². The van der Waals surface area contributed by atoms with Crippen LogP contribution in [-0.2, 0) is 4.74 Å². The van der Waals surface area contributed by atoms with Gasteiger partial charge in [-0.2, -0.15) is 13.2 Å². The third-order valence-corrected chi connectivity index (χ3v) is 2.15. The van der Waals surface area contributed by atoms with E-state index in [1.54, 1.807) is 24.3 Å². The molecule has 1 aromatic carbocycles. The largest absolute Gasteiger partial charge is 0.497 e. The Hall–Kier alpha value is -1.76. The predicted molar refractivity (Wildman–Crippen MR) is 62.2 cm³/mol. The molecule has 1 N–H and O–H groups in total. The Balaban J connectivity index is 2.27. The molecule has 0 bridgehead atoms. The third kappa shape index (κ3) is 6.10. The number of nitrogens with one attached hydrogen (secondary N) is 1. The lowest BCUT2D eigenvalue weighted by atomic mass is 10.2. The van der Waals surface area contributed by atoms with Crippen molar-refractivity contribution in [2.24, 2.45) is 0 Å². The zero-order valence-electron chi connectivity index (χ0n) is 10.3. The van der Waals surface area contributed by atoms with E-state index in [0.29, 0.717) is 11.3 Å². The first-order chi connectivity index (χ1) is 8.92. The van der Waals surface area contributed by atoms with Gasteiger partial charge in [0.05, 0.1) is 13.7 Å². The summed E-state index contributed by atoms with van der Waals surface area (Å²) < 4.78 is 44.6. The fraction of sp³-hybridized carbons (Fsp3) is 0.417. The lowest BCUT2D eigenvalue weighted by molar-refractivity contribution is -0.173. The van der Waals surface area contributed by atoms with E-state index in [4.69, 9.17) is 4.74 Å². The van der Waals surface area contributed by atoms with Crippen LogP contribution < -0.4 is 10.1 Å². The van der Waals surface area contributed by atoms with Crippen LogP contribution in [0.15, 0.2) is 24.3 Å². The molecule has 0 saturated heterocycles. The Morgan fingerprint density at radius 3 is 2.42 bits per heavy atom. The van der Waals surface area contributed by atoms with Crippen molar-refractivity contribution in [3.8, 4) is 5.75 Å². The van der Waals surface area contributed by atoms with Gasteiger partial charge in [-0.15, -0.1) is 0 Å². The Labute approximate surface area is 108 Å². The van der Waals surface area contributed by atoms with E-state index in [-0.39, 0.29) is 19.1 Å². The molecule has 0 spiro atoms. The normalized spacial score (nSPS) is 11.2. The molecule has 0 aliphatic rings. The number of alkyl halides is 3. The Morgan fingerprint density at radius 1 is 1.26 bits per heavy atom. The number of halogens is 3. The minimum Gasteiger partial charge on any atom is -0.497 e. The molecule has 0 heterocycles. The minimum atomic E-state index is -4.35. The molecule has 0 fully saturated rings. The molecule has 0 aliphatic heterocycles. The fourth-order valence-electron chi connectivity index (χ4n) is 1.27. The Kier molecular flexibility index (Phi) is 5.62. The van der Waals surface area contributed by atoms with Crippen molar-refractivity contribution in [3.63, 3.8) is 0 Å². The molecule has 0 aromatic heterocycles. The molecular weight excluding hydrogens is 263 g/mol. The standard InChI is InChI=1S/C12H14F3NO3/c1-18-10-4-2-9(3-5-10)11(17)16-6-7-19-8-12(13,14)15/h2-5H,6-8H2,1H3,(H,16,17). The lowest BCUT2D eigenvalue weighted by Gasteiger charge is -2.08. The number of ether oxygens (including phenoxy) is 2. The van der Waals surface area contributed by atoms with Gasteiger partial charge in [0.1, 0.15) is 12.4 Å². The number of hydrogen-bond acceptors (Lipinski definition) is 3. The molecule has 4 nitrogen and oxygen atoms in total. The number of rotatable bonds is 6. The quantitative estimate of drug-likeness (QED) is 0.809. The summed E-state index contributed by atoms with van der Waals surface area (Å²) in [6.45, 7) is -1.49. The van der Waals surface area contributed by atoms with Crippen LogP contribution in [0.1, 0.15) is 10.4 Å². The van der Waals surface area contributed by atoms with Crippen molar-refractivity contribution in [1.29, 1.82) is 0 Å². The number of benzene rings is 1. The zero-order chi connectivity index (χ0) is 14.3. The summed E-state index contributed by atoms with van der Waals surface area (Å²) in [5.41, 5.74) is 0.400. The topological polar surface area (TPSA) is 47.6 Å². The van der Waals surface area contributed by atoms with Gasteiger partial charge in [0.25, 0.3) is 5.91 Å². The summed E-state index contributed by atoms with van der Waals surface area (Å²) in [6, 6.07) is 6.36. The van der Waals surface area contributed by atoms with E-state index >= 15 is 0 Å². The molecule has 1 amide bonds. The second kappa shape index (κ2) is 6.98. The molecule has 0 aliphatic carbocycles. The van der Waals surface area contributed by atoms with Gasteiger partial charge in [0.15, 0.2) is 0 Å². The van der Waals surface area contributed by atoms with E-state index in [1.165, 1.54) is 7.11 Å². The molecule has 1 rings (SSSR count). The summed E-state index contributed by atoms with van der Waals surface area (Å²) >= 11 is 0. The van der Waals surface area contributed by atoms with Gasteiger partial charge in [0.2, 0.25) is 0 Å². The number of methoxy groups -OCH3 is 1. The number of hydrogen-bond donors (Lipinski definition) is 1. The molecule has 0 saturated carbocycles. The van der Waals surface area contributed by atoms with Crippen molar-refractivity contribution in [1.82, 2.24) is 5.32 Å². The highest BCUT2D eigenvalue weighted by molar-refractivity contribution is 5.94. The average molecular weight is 277 g/mol. The second-order valence-electron chi connectivity index (χ2n) is 3.65. The first-order valence-corrected chi connectivity index (χ1v) is 5.49. The van der Waals surface area contributed by atoms with Crippen LogP contribution in [0.3, 0.4) is 0 Å². The molecule has 7 heteroatoms. The third-order valence-electron chi connectivity index (χ3n) is 2.15. The number of amides is 1. The van der Waals surface area contributed by atoms with Crippen molar-refractivity contribution >= 4 is 5.91 Å². The van der Waals surface area contributed by atoms with Gasteiger partial charge in [-0.25, -0.2) is 0 Å². The van der Waals surface area contributed by atoms with Crippen LogP contribution in [0.2, 0.25) is 0 Å². The summed E-state index contributed by atoms with van der Waals surface area (Å²) in [4.78, 5) is 11.6. The summed E-state index contributed by atoms with van der Waals surface area (Å²) in [5, 5.41) is 2.45. The molecule has 106 valence electrons. The van der Waals surface area contributed by atoms with E-state index in [2.05, 4.69) is 10.1 Å². The second-order valence-corrected chi connectivity index (χ2v) is 3.65. The van der Waals surface area contributed by atoms with Crippen LogP contribution in [0.5, 0.6) is 5.75 Å². The number of carbonyl (C=O) groups excluding carboxylic acids is 1. The zero-order valence-corrected chi connectivity index (χ0v) is 10.3. The van der Waals surface area contributed by atoms with Gasteiger partial charge in [-0.1, -0.05) is 0 Å². The molecular formula is C12H14F3NO3. The fourth-order valence-corrected chi connectivity index (χ4v) is 1.27. The monoisotopic (exact) mass is 277 g/mol. The maximum atomic E-state index is 11.8. The van der Waals surface area contributed by atoms with Gasteiger partial charge in [0, 0.05) is 12.1 Å². The van der Waals surface area contributed by atoms with Gasteiger partial charge in [-0.05, 0) is 24.3 Å². The van der Waals surface area contributed by atoms with Crippen LogP contribution in [0.25, 0.3) is 0 Å². The summed E-state index contributed by atoms with van der Waals surface area (Å²) in [6.07, 6.45) is -4.35. The number of carbonyl (C=O) groups is 1. The van der Waals surface area contributed by atoms with Crippen LogP contribution in [0, 0.1) is 0 Å². The van der Waals surface area contributed by atoms with E-state index in [9.17, 15) is 18.0 Å². The SMILES string of the molecule is COc1ccc(C(=O)NCCOCC(F)(F)F)cc1. The molecule has 0 atom stereocenters. The Morgan fingerprint density at radius 2 is 1.89 bits per heavy atom. The van der Waals surface area contributed by atoms with Gasteiger partial charge < -0.3 is 14.8 Å². The van der Waals surface area contributed by atoms with Crippen LogP contribution in [-0.4, -0.2) is 39.0 Å². The summed E-state index contributed by atoms with van der Waals surface area (Å²) in [7, 11) is 1.51. The van der Waals surface area contributed by atoms with Crippen molar-refractivity contribution in [2.75, 3.05) is 26.9 Å². The predicted octanol–water partition coefficient (Wildman–Crippen LogP) is 2.00. The van der Waals surface area contributed by atoms with Crippen LogP contribution in [0.4, 0.5) is 13.2 Å². The van der Waals surface area contributed by atoms with E-state index < -0.39 is 12.8 Å². The highest BCUT2D eigenvalue weighted by Crippen LogP contribution is 2.14. The lowest BCUT2D eigenvalue weighted by Crippen LogP contribution is -2.28. The average Bonchev–Trinajstić information content (AvgIpc) is 2.37. The molecule has 19 heavy (non-hydrogen) atoms. The first kappa shape index (κ1) is 15.3. The van der Waals surface area contributed by atoms with Crippen molar-refractivity contribution < 1.29 is 27.4 Å². The maximum absolute atomic E-state index is 11.8. The summed E-state index contributed by atoms with van der Waals surface area (Å²) in [5.74, 6) is 0.239. The highest BCUT2D eigenvalue weighted by Gasteiger charge is 2.27. The Bertz CT molecular complexity index is 404. The van der Waals surface area contributed by atoms with E-state index in [0.717, 1.165) is 0 Å². The maximum Gasteiger partial charge on any atom is 0.411 e. The molecule has 0 radical (unpaired) electrons. The first-order valence-electron chi connectivity index (χ1n) is 5.49. The van der Waals surface area contributed by atoms with Gasteiger partial charge >= 0.3 is 6.18 Å². The smallest absolute Gasteiger partial charge is 0.411 e. The van der Waals surface area contributed by atoms with E-state index in [1.807, 2.05) is 0 Å². The molecule has 0 unspecified atom stereocenters. The van der Waals surface area contributed by atoms with Crippen LogP contribution >= 0.6 is 0 Å². The minimum absolute atomic E-state index is 0.0148. The van der Waals surface area contributed by atoms with Crippen molar-refractivity contribution in [2.45, 2.75) is 6.18 Å². The van der Waals surface area contributed by atoms with Gasteiger partial charge in [-0.3, -0.25) is 4.79 Å².